The van der Waals surface area contributed by atoms with Gasteiger partial charge in [-0.2, -0.15) is 13.2 Å². The molecule has 1 N–H and O–H groups in total. The van der Waals surface area contributed by atoms with Gasteiger partial charge in [0.15, 0.2) is 0 Å². The molecule has 3 rings (SSSR count). The summed E-state index contributed by atoms with van der Waals surface area (Å²) in [6, 6.07) is 8.45. The fourth-order valence-electron chi connectivity index (χ4n) is 3.19. The van der Waals surface area contributed by atoms with Gasteiger partial charge < -0.3 is 10.2 Å². The van der Waals surface area contributed by atoms with E-state index in [0.717, 1.165) is 12.1 Å². The van der Waals surface area contributed by atoms with Crippen molar-refractivity contribution in [3.05, 3.63) is 69.4 Å². The topological polar surface area (TPSA) is 49.4 Å². The average molecular weight is 473 g/mol. The monoisotopic (exact) mass is 472 g/mol. The molecular formula is C20H17BrF4N2O2. The lowest BCUT2D eigenvalue weighted by Gasteiger charge is -2.32. The fourth-order valence-corrected chi connectivity index (χ4v) is 3.68. The molecule has 0 atom stereocenters. The highest BCUT2D eigenvalue weighted by Gasteiger charge is 2.32. The summed E-state index contributed by atoms with van der Waals surface area (Å²) in [7, 11) is 0. The molecule has 4 nitrogen and oxygen atoms in total. The second-order valence-corrected chi connectivity index (χ2v) is 7.66. The molecule has 1 fully saturated rings. The van der Waals surface area contributed by atoms with E-state index in [4.69, 9.17) is 0 Å². The average Bonchev–Trinajstić information content (AvgIpc) is 2.67. The number of rotatable bonds is 3. The number of piperidine rings is 1. The van der Waals surface area contributed by atoms with Crippen LogP contribution in [0, 0.1) is 5.82 Å². The molecule has 2 amide bonds. The van der Waals surface area contributed by atoms with Crippen molar-refractivity contribution >= 4 is 27.7 Å². The van der Waals surface area contributed by atoms with Gasteiger partial charge in [-0.1, -0.05) is 28.1 Å². The van der Waals surface area contributed by atoms with Crippen molar-refractivity contribution in [2.75, 3.05) is 13.1 Å². The molecule has 0 spiro atoms. The van der Waals surface area contributed by atoms with Gasteiger partial charge in [0.1, 0.15) is 5.82 Å². The van der Waals surface area contributed by atoms with Crippen molar-refractivity contribution in [2.45, 2.75) is 25.1 Å². The maximum absolute atomic E-state index is 13.8. The maximum Gasteiger partial charge on any atom is 0.416 e. The first-order chi connectivity index (χ1) is 13.6. The van der Waals surface area contributed by atoms with Crippen LogP contribution in [0.5, 0.6) is 0 Å². The predicted molar refractivity (Wildman–Crippen MR) is 102 cm³/mol. The Kier molecular flexibility index (Phi) is 6.26. The highest BCUT2D eigenvalue weighted by molar-refractivity contribution is 9.10. The SMILES string of the molecule is O=C(NC1CCN(C(=O)c2ccccc2F)CC1)c1cc(Br)cc(C(F)(F)F)c1. The van der Waals surface area contributed by atoms with Crippen LogP contribution in [0.1, 0.15) is 39.1 Å². The van der Waals surface area contributed by atoms with E-state index >= 15 is 0 Å². The standard InChI is InChI=1S/C20H17BrF4N2O2/c21-14-10-12(9-13(11-14)20(23,24)25)18(28)26-15-5-7-27(8-6-15)19(29)16-3-1-2-4-17(16)22/h1-4,9-11,15H,5-8H2,(H,26,28). The van der Waals surface area contributed by atoms with Crippen LogP contribution >= 0.6 is 15.9 Å². The normalized spacial score (nSPS) is 15.3. The van der Waals surface area contributed by atoms with E-state index in [1.165, 1.54) is 29.2 Å². The second-order valence-electron chi connectivity index (χ2n) is 6.75. The number of benzene rings is 2. The van der Waals surface area contributed by atoms with Gasteiger partial charge in [0.25, 0.3) is 11.8 Å². The molecular weight excluding hydrogens is 456 g/mol. The summed E-state index contributed by atoms with van der Waals surface area (Å²) in [6.07, 6.45) is -3.71. The van der Waals surface area contributed by atoms with Gasteiger partial charge >= 0.3 is 6.18 Å². The molecule has 29 heavy (non-hydrogen) atoms. The third-order valence-corrected chi connectivity index (χ3v) is 5.17. The van der Waals surface area contributed by atoms with Gasteiger partial charge in [0.2, 0.25) is 0 Å². The summed E-state index contributed by atoms with van der Waals surface area (Å²) in [6.45, 7) is 0.620. The van der Waals surface area contributed by atoms with Gasteiger partial charge in [-0.25, -0.2) is 4.39 Å². The zero-order valence-electron chi connectivity index (χ0n) is 15.1. The van der Waals surface area contributed by atoms with Crippen LogP contribution < -0.4 is 5.32 Å². The number of alkyl halides is 3. The molecule has 2 aromatic rings. The number of nitrogens with zero attached hydrogens (tertiary/aromatic N) is 1. The quantitative estimate of drug-likeness (QED) is 0.661. The lowest BCUT2D eigenvalue weighted by molar-refractivity contribution is -0.137. The molecule has 2 aromatic carbocycles. The van der Waals surface area contributed by atoms with Crippen molar-refractivity contribution < 1.29 is 27.2 Å². The van der Waals surface area contributed by atoms with Crippen LogP contribution in [-0.4, -0.2) is 35.8 Å². The molecule has 0 radical (unpaired) electrons. The largest absolute Gasteiger partial charge is 0.416 e. The Labute approximate surface area is 173 Å². The van der Waals surface area contributed by atoms with E-state index in [1.807, 2.05) is 0 Å². The minimum atomic E-state index is -4.56. The van der Waals surface area contributed by atoms with Crippen LogP contribution in [0.25, 0.3) is 0 Å². The van der Waals surface area contributed by atoms with Crippen molar-refractivity contribution in [3.8, 4) is 0 Å². The zero-order valence-corrected chi connectivity index (χ0v) is 16.7. The van der Waals surface area contributed by atoms with Crippen molar-refractivity contribution in [2.24, 2.45) is 0 Å². The van der Waals surface area contributed by atoms with Gasteiger partial charge in [-0.3, -0.25) is 9.59 Å². The van der Waals surface area contributed by atoms with Gasteiger partial charge in [-0.15, -0.1) is 0 Å². The summed E-state index contributed by atoms with van der Waals surface area (Å²) < 4.78 is 52.8. The molecule has 1 saturated heterocycles. The Morgan fingerprint density at radius 1 is 1.07 bits per heavy atom. The van der Waals surface area contributed by atoms with Crippen LogP contribution in [0.2, 0.25) is 0 Å². The first-order valence-electron chi connectivity index (χ1n) is 8.87. The Morgan fingerprint density at radius 3 is 2.34 bits per heavy atom. The van der Waals surface area contributed by atoms with Gasteiger partial charge in [-0.05, 0) is 43.2 Å². The van der Waals surface area contributed by atoms with Gasteiger partial charge in [0, 0.05) is 29.2 Å². The second kappa shape index (κ2) is 8.52. The Bertz CT molecular complexity index is 925. The molecule has 1 heterocycles. The number of hydrogen-bond acceptors (Lipinski definition) is 2. The van der Waals surface area contributed by atoms with Crippen LogP contribution in [0.3, 0.4) is 0 Å². The van der Waals surface area contributed by atoms with E-state index in [2.05, 4.69) is 21.2 Å². The van der Waals surface area contributed by atoms with Crippen LogP contribution in [0.4, 0.5) is 17.6 Å². The lowest BCUT2D eigenvalue weighted by atomic mass is 10.0. The Morgan fingerprint density at radius 2 is 1.72 bits per heavy atom. The number of nitrogens with one attached hydrogen (secondary N) is 1. The summed E-state index contributed by atoms with van der Waals surface area (Å²) in [5.74, 6) is -1.63. The fraction of sp³-hybridized carbons (Fsp3) is 0.300. The van der Waals surface area contributed by atoms with Crippen molar-refractivity contribution in [1.82, 2.24) is 10.2 Å². The van der Waals surface area contributed by atoms with Crippen LogP contribution in [-0.2, 0) is 6.18 Å². The van der Waals surface area contributed by atoms with Gasteiger partial charge in [0.05, 0.1) is 11.1 Å². The summed E-state index contributed by atoms with van der Waals surface area (Å²) in [4.78, 5) is 26.3. The molecule has 0 aliphatic carbocycles. The Hall–Kier alpha value is -2.42. The molecule has 0 aromatic heterocycles. The third-order valence-electron chi connectivity index (χ3n) is 4.71. The van der Waals surface area contributed by atoms with Crippen LogP contribution in [0.15, 0.2) is 46.9 Å². The maximum atomic E-state index is 13.8. The van der Waals surface area contributed by atoms with Crippen molar-refractivity contribution in [3.63, 3.8) is 0 Å². The first-order valence-corrected chi connectivity index (χ1v) is 9.67. The van der Waals surface area contributed by atoms with E-state index in [1.54, 1.807) is 6.07 Å². The lowest BCUT2D eigenvalue weighted by Crippen LogP contribution is -2.46. The minimum absolute atomic E-state index is 0.0104. The Balaban J connectivity index is 1.61. The predicted octanol–water partition coefficient (Wildman–Crippen LogP) is 4.64. The van der Waals surface area contributed by atoms with Crippen molar-refractivity contribution in [1.29, 1.82) is 0 Å². The summed E-state index contributed by atoms with van der Waals surface area (Å²) in [5.41, 5.74) is -1.03. The first kappa shape index (κ1) is 21.3. The third kappa shape index (κ3) is 5.14. The molecule has 1 aliphatic heterocycles. The summed E-state index contributed by atoms with van der Waals surface area (Å²) >= 11 is 3.00. The molecule has 0 saturated carbocycles. The number of amides is 2. The number of carbonyl (C=O) groups is 2. The molecule has 154 valence electrons. The van der Waals surface area contributed by atoms with E-state index in [9.17, 15) is 27.2 Å². The zero-order chi connectivity index (χ0) is 21.2. The number of halogens is 5. The van der Waals surface area contributed by atoms with E-state index < -0.39 is 29.4 Å². The highest BCUT2D eigenvalue weighted by Crippen LogP contribution is 2.32. The molecule has 1 aliphatic rings. The minimum Gasteiger partial charge on any atom is -0.349 e. The van der Waals surface area contributed by atoms with E-state index in [-0.39, 0.29) is 21.6 Å². The molecule has 0 bridgehead atoms. The van der Waals surface area contributed by atoms with E-state index in [0.29, 0.717) is 25.9 Å². The molecule has 9 heteroatoms. The number of hydrogen-bond donors (Lipinski definition) is 1. The number of likely N-dealkylation sites (tertiary alicyclic amines) is 1. The smallest absolute Gasteiger partial charge is 0.349 e. The summed E-state index contributed by atoms with van der Waals surface area (Å²) in [5, 5.41) is 2.71. The highest BCUT2D eigenvalue weighted by atomic mass is 79.9. The number of carbonyl (C=O) groups excluding carboxylic acids is 2. The molecule has 0 unspecified atom stereocenters.